The maximum atomic E-state index is 2.39. The molecule has 1 heteroatoms. The monoisotopic (exact) mass is 300 g/mol. The van der Waals surface area contributed by atoms with E-state index in [9.17, 15) is 0 Å². The van der Waals surface area contributed by atoms with E-state index in [0.717, 1.165) is 17.4 Å². The van der Waals surface area contributed by atoms with E-state index in [1.807, 2.05) is 0 Å². The van der Waals surface area contributed by atoms with E-state index >= 15 is 0 Å². The van der Waals surface area contributed by atoms with Crippen molar-refractivity contribution in [3.8, 4) is 11.1 Å². The van der Waals surface area contributed by atoms with Crippen molar-refractivity contribution in [2.45, 2.75) is 13.0 Å². The van der Waals surface area contributed by atoms with Crippen LogP contribution in [0.3, 0.4) is 0 Å². The average molecular weight is 300 g/mol. The highest BCUT2D eigenvalue weighted by Gasteiger charge is 2.24. The minimum atomic E-state index is 0.861. The van der Waals surface area contributed by atoms with Crippen LogP contribution in [-0.2, 0) is 13.0 Å². The van der Waals surface area contributed by atoms with E-state index in [1.165, 1.54) is 33.5 Å². The topological polar surface area (TPSA) is 0 Å². The predicted molar refractivity (Wildman–Crippen MR) is 98.5 cm³/mol. The molecule has 0 aromatic heterocycles. The lowest BCUT2D eigenvalue weighted by atomic mass is 10.0. The number of fused-ring (bicyclic) bond motifs is 3. The molecular weight excluding hydrogens is 278 g/mol. The summed E-state index contributed by atoms with van der Waals surface area (Å²) in [5.41, 5.74) is 8.46. The zero-order chi connectivity index (χ0) is 15.9. The summed E-state index contributed by atoms with van der Waals surface area (Å²) < 4.78 is 0.861. The highest BCUT2D eigenvalue weighted by molar-refractivity contribution is 5.79. The van der Waals surface area contributed by atoms with Gasteiger partial charge in [0.15, 0.2) is 0 Å². The lowest BCUT2D eigenvalue weighted by molar-refractivity contribution is 0.392. The van der Waals surface area contributed by atoms with Crippen molar-refractivity contribution in [1.82, 2.24) is 4.48 Å². The molecule has 3 aromatic rings. The van der Waals surface area contributed by atoms with Crippen molar-refractivity contribution in [3.63, 3.8) is 0 Å². The van der Waals surface area contributed by atoms with Gasteiger partial charge in [-0.15, -0.1) is 0 Å². The molecule has 0 bridgehead atoms. The first-order chi connectivity index (χ1) is 11.1. The number of nitrogens with zero attached hydrogens (tertiary/aromatic N) is 1. The van der Waals surface area contributed by atoms with Gasteiger partial charge < -0.3 is 0 Å². The highest BCUT2D eigenvalue weighted by atomic mass is 15.3. The zero-order valence-corrected chi connectivity index (χ0v) is 13.8. The van der Waals surface area contributed by atoms with Gasteiger partial charge in [0.1, 0.15) is 12.2 Å². The Bertz CT molecular complexity index is 847. The van der Waals surface area contributed by atoms with E-state index in [4.69, 9.17) is 0 Å². The Morgan fingerprint density at radius 1 is 0.739 bits per heavy atom. The quantitative estimate of drug-likeness (QED) is 0.466. The molecule has 0 fully saturated rings. The molecule has 0 unspecified atom stereocenters. The van der Waals surface area contributed by atoms with Crippen LogP contribution >= 0.6 is 0 Å². The summed E-state index contributed by atoms with van der Waals surface area (Å²) >= 11 is 0. The molecule has 1 nitrogen and oxygen atoms in total. The van der Waals surface area contributed by atoms with Gasteiger partial charge in [-0.1, -0.05) is 60.7 Å². The molecule has 0 saturated heterocycles. The predicted octanol–water partition coefficient (Wildman–Crippen LogP) is 5.02. The Balaban J connectivity index is 1.71. The molecule has 0 N–H and O–H groups in total. The van der Waals surface area contributed by atoms with E-state index in [2.05, 4.69) is 86.9 Å². The van der Waals surface area contributed by atoms with Crippen molar-refractivity contribution in [1.29, 1.82) is 0 Å². The fraction of sp³-hybridized carbons (Fsp3) is 0.182. The normalized spacial score (nSPS) is 12.8. The fourth-order valence-corrected chi connectivity index (χ4v) is 3.62. The summed E-state index contributed by atoms with van der Waals surface area (Å²) in [4.78, 5) is 0. The number of quaternary nitrogens is 1. The lowest BCUT2D eigenvalue weighted by Gasteiger charge is -2.30. The molecule has 0 radical (unpaired) electrons. The summed E-state index contributed by atoms with van der Waals surface area (Å²) in [6.07, 6.45) is 1.07. The third-order valence-electron chi connectivity index (χ3n) is 4.90. The Morgan fingerprint density at radius 2 is 1.43 bits per heavy atom. The summed E-state index contributed by atoms with van der Waals surface area (Å²) in [6, 6.07) is 26.5. The fourth-order valence-electron chi connectivity index (χ4n) is 3.62. The molecule has 1 aliphatic carbocycles. The number of hydrogen-bond acceptors (Lipinski definition) is 0. The van der Waals surface area contributed by atoms with Gasteiger partial charge in [-0.2, -0.15) is 0 Å². The Morgan fingerprint density at radius 3 is 2.26 bits per heavy atom. The van der Waals surface area contributed by atoms with Crippen LogP contribution in [0.4, 0.5) is 5.69 Å². The number of rotatable bonds is 3. The second kappa shape index (κ2) is 5.36. The molecule has 0 heterocycles. The van der Waals surface area contributed by atoms with Crippen LogP contribution in [0.15, 0.2) is 72.8 Å². The molecule has 0 atom stereocenters. The molecule has 0 spiro atoms. The maximum Gasteiger partial charge on any atom is 0.133 e. The summed E-state index contributed by atoms with van der Waals surface area (Å²) in [6.45, 7) is 1.00. The van der Waals surface area contributed by atoms with Gasteiger partial charge in [0.25, 0.3) is 0 Å². The van der Waals surface area contributed by atoms with E-state index < -0.39 is 0 Å². The van der Waals surface area contributed by atoms with E-state index in [0.29, 0.717) is 0 Å². The first-order valence-electron chi connectivity index (χ1n) is 8.22. The van der Waals surface area contributed by atoms with E-state index in [-0.39, 0.29) is 0 Å². The molecule has 3 aromatic carbocycles. The Labute approximate surface area is 138 Å². The standard InChI is InChI=1S/C22H22N/c1-23(2,16-17-8-4-3-5-9-17)20-13-12-19-14-18-10-6-7-11-21(18)22(19)15-20/h3-13,15H,14,16H2,1-2H3/q+1. The van der Waals surface area contributed by atoms with Crippen LogP contribution in [-0.4, -0.2) is 14.1 Å². The molecule has 23 heavy (non-hydrogen) atoms. The van der Waals surface area contributed by atoms with Crippen molar-refractivity contribution in [2.24, 2.45) is 0 Å². The van der Waals surface area contributed by atoms with Gasteiger partial charge in [0.05, 0.1) is 14.1 Å². The number of hydrogen-bond donors (Lipinski definition) is 0. The van der Waals surface area contributed by atoms with Crippen LogP contribution in [0.1, 0.15) is 16.7 Å². The summed E-state index contributed by atoms with van der Waals surface area (Å²) in [5, 5.41) is 0. The van der Waals surface area contributed by atoms with Gasteiger partial charge in [0.2, 0.25) is 0 Å². The molecule has 114 valence electrons. The SMILES string of the molecule is C[N+](C)(Cc1ccccc1)c1ccc2c(c1)-c1ccccc1C2. The third kappa shape index (κ3) is 2.58. The van der Waals surface area contributed by atoms with Crippen LogP contribution in [0.25, 0.3) is 11.1 Å². The second-order valence-corrected chi connectivity index (χ2v) is 7.00. The molecule has 0 amide bonds. The van der Waals surface area contributed by atoms with Crippen molar-refractivity contribution >= 4 is 5.69 Å². The van der Waals surface area contributed by atoms with Crippen LogP contribution in [0.5, 0.6) is 0 Å². The Hall–Kier alpha value is -2.38. The molecule has 0 saturated carbocycles. The highest BCUT2D eigenvalue weighted by Crippen LogP contribution is 2.39. The largest absolute Gasteiger partial charge is 0.292 e. The first-order valence-corrected chi connectivity index (χ1v) is 8.22. The van der Waals surface area contributed by atoms with Crippen molar-refractivity contribution in [3.05, 3.63) is 89.5 Å². The minimum absolute atomic E-state index is 0.861. The van der Waals surface area contributed by atoms with E-state index in [1.54, 1.807) is 0 Å². The van der Waals surface area contributed by atoms with Gasteiger partial charge in [0, 0.05) is 11.6 Å². The van der Waals surface area contributed by atoms with Gasteiger partial charge >= 0.3 is 0 Å². The minimum Gasteiger partial charge on any atom is -0.292 e. The first kappa shape index (κ1) is 14.2. The zero-order valence-electron chi connectivity index (χ0n) is 13.8. The summed E-state index contributed by atoms with van der Waals surface area (Å²) in [5.74, 6) is 0. The molecule has 1 aliphatic rings. The van der Waals surface area contributed by atoms with Crippen molar-refractivity contribution < 1.29 is 0 Å². The molecule has 0 aliphatic heterocycles. The molecule has 4 rings (SSSR count). The van der Waals surface area contributed by atoms with Crippen LogP contribution < -0.4 is 4.48 Å². The van der Waals surface area contributed by atoms with Gasteiger partial charge in [-0.3, -0.25) is 4.48 Å². The third-order valence-corrected chi connectivity index (χ3v) is 4.90. The number of benzene rings is 3. The molecular formula is C22H22N+. The van der Waals surface area contributed by atoms with Crippen molar-refractivity contribution in [2.75, 3.05) is 14.1 Å². The summed E-state index contributed by atoms with van der Waals surface area (Å²) in [7, 11) is 4.57. The Kier molecular flexibility index (Phi) is 3.32. The van der Waals surface area contributed by atoms with Gasteiger partial charge in [-0.05, 0) is 34.7 Å². The average Bonchev–Trinajstić information content (AvgIpc) is 2.93. The van der Waals surface area contributed by atoms with Crippen LogP contribution in [0.2, 0.25) is 0 Å². The maximum absolute atomic E-state index is 2.39. The smallest absolute Gasteiger partial charge is 0.133 e. The van der Waals surface area contributed by atoms with Crippen LogP contribution in [0, 0.1) is 0 Å². The van der Waals surface area contributed by atoms with Gasteiger partial charge in [-0.25, -0.2) is 0 Å². The lowest BCUT2D eigenvalue weighted by Crippen LogP contribution is -2.39. The second-order valence-electron chi connectivity index (χ2n) is 7.00.